The van der Waals surface area contributed by atoms with Gasteiger partial charge in [0.1, 0.15) is 5.76 Å². The van der Waals surface area contributed by atoms with E-state index in [1.807, 2.05) is 31.2 Å². The number of anilines is 1. The third-order valence-corrected chi connectivity index (χ3v) is 6.14. The Bertz CT molecular complexity index is 1040. The number of sulfonamides is 1. The zero-order valence-corrected chi connectivity index (χ0v) is 16.6. The molecule has 0 fully saturated rings. The van der Waals surface area contributed by atoms with Crippen LogP contribution in [0, 0.1) is 6.92 Å². The fourth-order valence-electron chi connectivity index (χ4n) is 2.84. The number of hydrogen-bond acceptors (Lipinski definition) is 4. The maximum atomic E-state index is 13.3. The van der Waals surface area contributed by atoms with E-state index in [-0.39, 0.29) is 23.9 Å². The molecule has 1 amide bonds. The topological polar surface area (TPSA) is 79.6 Å². The fourth-order valence-corrected chi connectivity index (χ4v) is 4.23. The number of rotatable bonds is 7. The van der Waals surface area contributed by atoms with Gasteiger partial charge in [0, 0.05) is 19.2 Å². The molecule has 1 aromatic heterocycles. The molecule has 0 aliphatic rings. The van der Waals surface area contributed by atoms with Gasteiger partial charge in [-0.15, -0.1) is 0 Å². The van der Waals surface area contributed by atoms with Crippen molar-refractivity contribution >= 4 is 21.6 Å². The van der Waals surface area contributed by atoms with Gasteiger partial charge in [0.25, 0.3) is 0 Å². The minimum Gasteiger partial charge on any atom is -0.468 e. The Labute approximate surface area is 164 Å². The van der Waals surface area contributed by atoms with Crippen molar-refractivity contribution in [2.75, 3.05) is 5.32 Å². The van der Waals surface area contributed by atoms with E-state index in [9.17, 15) is 13.2 Å². The molecule has 146 valence electrons. The van der Waals surface area contributed by atoms with Crippen LogP contribution in [0.4, 0.5) is 5.69 Å². The van der Waals surface area contributed by atoms with Crippen LogP contribution in [0.1, 0.15) is 23.8 Å². The first-order chi connectivity index (χ1) is 13.4. The zero-order chi connectivity index (χ0) is 20.1. The third-order valence-electron chi connectivity index (χ3n) is 4.33. The lowest BCUT2D eigenvalue weighted by molar-refractivity contribution is -0.114. The number of carbonyl (C=O) groups excluding carboxylic acids is 1. The third kappa shape index (κ3) is 4.68. The lowest BCUT2D eigenvalue weighted by Crippen LogP contribution is -2.30. The Hall–Kier alpha value is -2.90. The highest BCUT2D eigenvalue weighted by Gasteiger charge is 2.26. The molecule has 0 saturated carbocycles. The maximum Gasteiger partial charge on any atom is 0.243 e. The van der Waals surface area contributed by atoms with E-state index in [1.54, 1.807) is 24.3 Å². The summed E-state index contributed by atoms with van der Waals surface area (Å²) in [6, 6.07) is 17.3. The molecule has 0 aliphatic carbocycles. The average Bonchev–Trinajstić information content (AvgIpc) is 3.16. The second-order valence-corrected chi connectivity index (χ2v) is 8.42. The van der Waals surface area contributed by atoms with Crippen LogP contribution in [0.15, 0.2) is 76.2 Å². The van der Waals surface area contributed by atoms with Gasteiger partial charge in [-0.3, -0.25) is 4.79 Å². The van der Waals surface area contributed by atoms with Crippen LogP contribution < -0.4 is 5.32 Å². The van der Waals surface area contributed by atoms with Crippen molar-refractivity contribution in [2.24, 2.45) is 0 Å². The Balaban J connectivity index is 1.93. The summed E-state index contributed by atoms with van der Waals surface area (Å²) in [5, 5.41) is 2.63. The van der Waals surface area contributed by atoms with Gasteiger partial charge in [-0.25, -0.2) is 8.42 Å². The van der Waals surface area contributed by atoms with E-state index in [0.717, 1.165) is 11.1 Å². The van der Waals surface area contributed by atoms with Crippen LogP contribution in [0.5, 0.6) is 0 Å². The van der Waals surface area contributed by atoms with E-state index >= 15 is 0 Å². The van der Waals surface area contributed by atoms with Gasteiger partial charge in [-0.2, -0.15) is 4.31 Å². The SMILES string of the molecule is CC(=O)Nc1ccc(S(=O)(=O)N(Cc2ccco2)Cc2ccccc2C)cc1. The van der Waals surface area contributed by atoms with E-state index in [4.69, 9.17) is 4.42 Å². The largest absolute Gasteiger partial charge is 0.468 e. The van der Waals surface area contributed by atoms with Crippen molar-refractivity contribution in [3.8, 4) is 0 Å². The molecule has 0 unspecified atom stereocenters. The average molecular weight is 398 g/mol. The summed E-state index contributed by atoms with van der Waals surface area (Å²) in [5.41, 5.74) is 2.48. The van der Waals surface area contributed by atoms with Crippen molar-refractivity contribution < 1.29 is 17.6 Å². The summed E-state index contributed by atoms with van der Waals surface area (Å²) in [5.74, 6) is 0.349. The Morgan fingerprint density at radius 1 is 1.00 bits per heavy atom. The summed E-state index contributed by atoms with van der Waals surface area (Å²) in [7, 11) is -3.78. The number of amides is 1. The molecule has 0 atom stereocenters. The summed E-state index contributed by atoms with van der Waals surface area (Å²) in [6.07, 6.45) is 1.52. The van der Waals surface area contributed by atoms with Crippen molar-refractivity contribution in [3.05, 3.63) is 83.8 Å². The first kappa shape index (κ1) is 19.9. The zero-order valence-electron chi connectivity index (χ0n) is 15.8. The van der Waals surface area contributed by atoms with E-state index < -0.39 is 10.0 Å². The normalized spacial score (nSPS) is 11.5. The Kier molecular flexibility index (Phi) is 5.96. The van der Waals surface area contributed by atoms with Crippen LogP contribution in [-0.2, 0) is 27.9 Å². The molecular formula is C21H22N2O4S. The van der Waals surface area contributed by atoms with Gasteiger partial charge in [0.15, 0.2) is 0 Å². The van der Waals surface area contributed by atoms with Crippen LogP contribution in [0.25, 0.3) is 0 Å². The molecule has 0 radical (unpaired) electrons. The molecule has 28 heavy (non-hydrogen) atoms. The van der Waals surface area contributed by atoms with Crippen LogP contribution in [0.3, 0.4) is 0 Å². The van der Waals surface area contributed by atoms with Gasteiger partial charge in [-0.1, -0.05) is 24.3 Å². The molecule has 7 heteroatoms. The van der Waals surface area contributed by atoms with E-state index in [1.165, 1.54) is 29.6 Å². The number of furan rings is 1. The molecule has 0 saturated heterocycles. The smallest absolute Gasteiger partial charge is 0.243 e. The Morgan fingerprint density at radius 2 is 1.71 bits per heavy atom. The minimum absolute atomic E-state index is 0.122. The summed E-state index contributed by atoms with van der Waals surface area (Å²) in [4.78, 5) is 11.3. The number of hydrogen-bond donors (Lipinski definition) is 1. The van der Waals surface area contributed by atoms with Crippen molar-refractivity contribution in [3.63, 3.8) is 0 Å². The predicted molar refractivity (Wildman–Crippen MR) is 107 cm³/mol. The Morgan fingerprint density at radius 3 is 2.32 bits per heavy atom. The first-order valence-corrected chi connectivity index (χ1v) is 10.2. The highest BCUT2D eigenvalue weighted by molar-refractivity contribution is 7.89. The lowest BCUT2D eigenvalue weighted by Gasteiger charge is -2.22. The van der Waals surface area contributed by atoms with E-state index in [2.05, 4.69) is 5.32 Å². The number of benzene rings is 2. The molecule has 1 heterocycles. The van der Waals surface area contributed by atoms with Crippen LogP contribution >= 0.6 is 0 Å². The van der Waals surface area contributed by atoms with Crippen LogP contribution in [0.2, 0.25) is 0 Å². The van der Waals surface area contributed by atoms with Crippen molar-refractivity contribution in [1.82, 2.24) is 4.31 Å². The van der Waals surface area contributed by atoms with Gasteiger partial charge in [-0.05, 0) is 54.4 Å². The van der Waals surface area contributed by atoms with Crippen LogP contribution in [-0.4, -0.2) is 18.6 Å². The number of aryl methyl sites for hydroxylation is 1. The molecule has 6 nitrogen and oxygen atoms in total. The molecule has 3 aromatic rings. The summed E-state index contributed by atoms with van der Waals surface area (Å²) < 4.78 is 33.4. The molecular weight excluding hydrogens is 376 g/mol. The lowest BCUT2D eigenvalue weighted by atomic mass is 10.1. The number of carbonyl (C=O) groups is 1. The highest BCUT2D eigenvalue weighted by Crippen LogP contribution is 2.24. The second kappa shape index (κ2) is 8.41. The molecule has 3 rings (SSSR count). The van der Waals surface area contributed by atoms with Crippen molar-refractivity contribution in [2.45, 2.75) is 31.8 Å². The molecule has 2 aromatic carbocycles. The van der Waals surface area contributed by atoms with Gasteiger partial charge >= 0.3 is 0 Å². The number of nitrogens with zero attached hydrogens (tertiary/aromatic N) is 1. The van der Waals surface area contributed by atoms with E-state index in [0.29, 0.717) is 11.4 Å². The summed E-state index contributed by atoms with van der Waals surface area (Å²) in [6.45, 7) is 3.70. The fraction of sp³-hybridized carbons (Fsp3) is 0.190. The second-order valence-electron chi connectivity index (χ2n) is 6.48. The summed E-state index contributed by atoms with van der Waals surface area (Å²) >= 11 is 0. The van der Waals surface area contributed by atoms with Crippen molar-refractivity contribution in [1.29, 1.82) is 0 Å². The standard InChI is InChI=1S/C21H22N2O4S/c1-16-6-3-4-7-18(16)14-23(15-20-8-5-13-27-20)28(25,26)21-11-9-19(10-12-21)22-17(2)24/h3-13H,14-15H2,1-2H3,(H,22,24). The molecule has 0 aliphatic heterocycles. The number of nitrogens with one attached hydrogen (secondary N) is 1. The minimum atomic E-state index is -3.78. The van der Waals surface area contributed by atoms with Gasteiger partial charge < -0.3 is 9.73 Å². The highest BCUT2D eigenvalue weighted by atomic mass is 32.2. The molecule has 0 bridgehead atoms. The molecule has 0 spiro atoms. The monoisotopic (exact) mass is 398 g/mol. The van der Waals surface area contributed by atoms with Gasteiger partial charge in [0.05, 0.1) is 17.7 Å². The first-order valence-electron chi connectivity index (χ1n) is 8.81. The van der Waals surface area contributed by atoms with Gasteiger partial charge in [0.2, 0.25) is 15.9 Å². The quantitative estimate of drug-likeness (QED) is 0.654. The molecule has 1 N–H and O–H groups in total. The maximum absolute atomic E-state index is 13.3. The predicted octanol–water partition coefficient (Wildman–Crippen LogP) is 3.94.